The number of pyridine rings is 1. The van der Waals surface area contributed by atoms with Crippen LogP contribution in [0.15, 0.2) is 53.8 Å². The number of amides is 1. The molecule has 0 spiro atoms. The van der Waals surface area contributed by atoms with Crippen molar-refractivity contribution in [3.8, 4) is 11.9 Å². The molecule has 1 amide bonds. The maximum absolute atomic E-state index is 12.6. The number of aromatic nitrogens is 1. The number of anilines is 1. The van der Waals surface area contributed by atoms with Gasteiger partial charge in [-0.3, -0.25) is 9.53 Å². The molecule has 46 heavy (non-hydrogen) atoms. The van der Waals surface area contributed by atoms with Gasteiger partial charge in [-0.2, -0.15) is 5.26 Å². The van der Waals surface area contributed by atoms with E-state index in [1.807, 2.05) is 32.9 Å². The van der Waals surface area contributed by atoms with Gasteiger partial charge in [-0.05, 0) is 70.7 Å². The molecule has 1 atom stereocenters. The third-order valence-electron chi connectivity index (χ3n) is 7.45. The number of hydrogen-bond acceptors (Lipinski definition) is 8. The van der Waals surface area contributed by atoms with Crippen molar-refractivity contribution < 1.29 is 57.1 Å². The third-order valence-corrected chi connectivity index (χ3v) is 7.71. The summed E-state index contributed by atoms with van der Waals surface area (Å²) in [5, 5.41) is 9.81. The van der Waals surface area contributed by atoms with E-state index >= 15 is 0 Å². The zero-order valence-electron chi connectivity index (χ0n) is 26.9. The number of carbonyl (C=O) groups is 2. The van der Waals surface area contributed by atoms with Gasteiger partial charge in [0.2, 0.25) is 12.2 Å². The summed E-state index contributed by atoms with van der Waals surface area (Å²) in [6, 6.07) is 10.9. The van der Waals surface area contributed by atoms with Crippen LogP contribution in [0.5, 0.6) is 5.75 Å². The number of likely N-dealkylation sites (tertiary alicyclic amines) is 1. The summed E-state index contributed by atoms with van der Waals surface area (Å²) in [6.45, 7) is 7.85. The third kappa shape index (κ3) is 11.2. The molecule has 1 saturated heterocycles. The number of ether oxygens (including phenoxy) is 4. The number of aliphatic imine (C=N–C) groups is 1. The molecule has 2 heterocycles. The summed E-state index contributed by atoms with van der Waals surface area (Å²) >= 11 is 5.92. The van der Waals surface area contributed by atoms with Crippen molar-refractivity contribution in [2.45, 2.75) is 70.8 Å². The summed E-state index contributed by atoms with van der Waals surface area (Å²) < 4.78 is 24.4. The van der Waals surface area contributed by atoms with Gasteiger partial charge in [0.15, 0.2) is 12.4 Å². The summed E-state index contributed by atoms with van der Waals surface area (Å²) in [5.74, 6) is -0.800. The number of piperidine rings is 1. The van der Waals surface area contributed by atoms with E-state index in [-0.39, 0.29) is 41.9 Å². The van der Waals surface area contributed by atoms with Gasteiger partial charge in [-0.15, -0.1) is 9.56 Å². The second-order valence-corrected chi connectivity index (χ2v) is 12.1. The van der Waals surface area contributed by atoms with E-state index in [2.05, 4.69) is 4.99 Å². The highest BCUT2D eigenvalue weighted by atomic mass is 127. The molecule has 2 N–H and O–H groups in total. The monoisotopic (exact) mass is 770 g/mol. The van der Waals surface area contributed by atoms with Crippen LogP contribution in [0.4, 0.5) is 10.5 Å². The van der Waals surface area contributed by atoms with Crippen LogP contribution < -0.4 is 43.9 Å². The molecule has 0 aliphatic carbocycles. The average Bonchev–Trinajstić information content (AvgIpc) is 3.02. The molecule has 0 saturated carbocycles. The van der Waals surface area contributed by atoms with E-state index in [9.17, 15) is 9.59 Å². The Balaban J connectivity index is 0.00000736. The van der Waals surface area contributed by atoms with E-state index in [0.29, 0.717) is 56.3 Å². The molecule has 14 heteroatoms. The lowest BCUT2D eigenvalue weighted by Gasteiger charge is -2.38. The van der Waals surface area contributed by atoms with Crippen LogP contribution in [-0.4, -0.2) is 62.4 Å². The maximum atomic E-state index is 12.6. The highest BCUT2D eigenvalue weighted by Crippen LogP contribution is 2.33. The van der Waals surface area contributed by atoms with Crippen LogP contribution >= 0.6 is 11.6 Å². The molecule has 3 rings (SSSR count). The lowest BCUT2D eigenvalue weighted by atomic mass is 9.92. The predicted molar refractivity (Wildman–Crippen MR) is 169 cm³/mol. The highest BCUT2D eigenvalue weighted by Gasteiger charge is 2.53. The van der Waals surface area contributed by atoms with Gasteiger partial charge in [0.1, 0.15) is 11.4 Å². The fourth-order valence-corrected chi connectivity index (χ4v) is 5.38. The van der Waals surface area contributed by atoms with Gasteiger partial charge in [0.25, 0.3) is 6.47 Å². The zero-order chi connectivity index (χ0) is 32.9. The summed E-state index contributed by atoms with van der Waals surface area (Å²) in [7, 11) is 1.48. The number of benzene rings is 1. The fourth-order valence-electron chi connectivity index (χ4n) is 5.25. The van der Waals surface area contributed by atoms with Gasteiger partial charge in [-0.1, -0.05) is 24.4 Å². The van der Waals surface area contributed by atoms with Crippen molar-refractivity contribution in [1.29, 1.82) is 5.26 Å². The molecule has 1 fully saturated rings. The lowest BCUT2D eigenvalue weighted by molar-refractivity contribution is -0.859. The van der Waals surface area contributed by atoms with Crippen LogP contribution in [0.25, 0.3) is 0 Å². The Morgan fingerprint density at radius 1 is 1.13 bits per heavy atom. The molecule has 1 unspecified atom stereocenters. The number of nitrogens with zero attached hydrogens (tertiary/aromatic N) is 5. The fraction of sp³-hybridized carbons (Fsp3) is 0.531. The Morgan fingerprint density at radius 2 is 1.76 bits per heavy atom. The number of nitrogens with two attached hydrogens (primary N) is 1. The first-order valence-corrected chi connectivity index (χ1v) is 15.4. The normalized spacial score (nSPS) is 15.1. The highest BCUT2D eigenvalue weighted by molar-refractivity contribution is 6.30. The Kier molecular flexibility index (Phi) is 15.8. The molecular formula is C32H44ClIN6O6. The van der Waals surface area contributed by atoms with E-state index in [1.165, 1.54) is 7.11 Å². The molecule has 1 aliphatic rings. The van der Waals surface area contributed by atoms with Crippen LogP contribution in [0.2, 0.25) is 5.02 Å². The molecule has 1 aliphatic heterocycles. The zero-order valence-corrected chi connectivity index (χ0v) is 29.8. The van der Waals surface area contributed by atoms with Crippen molar-refractivity contribution in [3.63, 3.8) is 0 Å². The van der Waals surface area contributed by atoms with Gasteiger partial charge in [0, 0.05) is 43.9 Å². The number of halogens is 2. The minimum Gasteiger partial charge on any atom is -1.00 e. The van der Waals surface area contributed by atoms with E-state index in [1.54, 1.807) is 57.2 Å². The van der Waals surface area contributed by atoms with Gasteiger partial charge >= 0.3 is 12.0 Å². The SMILES string of the molecule is COC(OC=O)(C1CCN(C(=O)OC(C)(C)C)CC1)[n+]1ccc(N(CCCCCCOc2ccc(Cl)cc2)C(N)=NC#N)cc1.[I-]. The molecule has 1 aromatic heterocycles. The predicted octanol–water partition coefficient (Wildman–Crippen LogP) is 1.95. The molecule has 1 aromatic carbocycles. The van der Waals surface area contributed by atoms with E-state index in [4.69, 9.17) is 41.5 Å². The maximum Gasteiger partial charge on any atom is 0.438 e. The Labute approximate surface area is 293 Å². The summed E-state index contributed by atoms with van der Waals surface area (Å²) in [4.78, 5) is 31.4. The summed E-state index contributed by atoms with van der Waals surface area (Å²) in [5.41, 5.74) is 6.29. The van der Waals surface area contributed by atoms with Crippen molar-refractivity contribution in [3.05, 3.63) is 53.8 Å². The van der Waals surface area contributed by atoms with Gasteiger partial charge in [0.05, 0.1) is 18.2 Å². The van der Waals surface area contributed by atoms with Crippen LogP contribution in [0, 0.1) is 17.4 Å². The van der Waals surface area contributed by atoms with Gasteiger partial charge in [-0.25, -0.2) is 4.79 Å². The van der Waals surface area contributed by atoms with E-state index in [0.717, 1.165) is 31.4 Å². The standard InChI is InChI=1S/C32H44ClN6O6.HI/c1-31(2,3)45-30(41)37-18-13-25(14-19-37)32(42-4,44-24-40)38-20-15-27(16-21-38)39(29(35)36-23-34)17-7-5-6-8-22-43-28-11-9-26(33)10-12-28;/h9-12,15-16,20-21,24-25H,5-8,13-14,17-19,22H2,1-4H3,(H2,35,36);1H/q+1;/p-1. The number of unbranched alkanes of at least 4 members (excludes halogenated alkanes) is 3. The number of guanidine groups is 1. The first-order valence-electron chi connectivity index (χ1n) is 15.1. The number of hydrogen-bond donors (Lipinski definition) is 1. The van der Waals surface area contributed by atoms with Crippen LogP contribution in [-0.2, 0) is 24.9 Å². The number of methoxy groups -OCH3 is 1. The molecule has 12 nitrogen and oxygen atoms in total. The van der Waals surface area contributed by atoms with Crippen molar-refractivity contribution in [2.75, 3.05) is 38.3 Å². The quantitative estimate of drug-likeness (QED) is 0.0446. The number of rotatable bonds is 14. The topological polar surface area (TPSA) is 144 Å². The van der Waals surface area contributed by atoms with Gasteiger partial charge < -0.3 is 53.7 Å². The number of carbonyl (C=O) groups excluding carboxylic acids is 2. The molecule has 0 bridgehead atoms. The minimum atomic E-state index is -1.43. The molecule has 0 radical (unpaired) electrons. The average molecular weight is 771 g/mol. The van der Waals surface area contributed by atoms with Crippen LogP contribution in [0.1, 0.15) is 59.3 Å². The van der Waals surface area contributed by atoms with E-state index < -0.39 is 11.5 Å². The Bertz CT molecular complexity index is 1310. The molecule has 252 valence electrons. The first-order chi connectivity index (χ1) is 21.5. The minimum absolute atomic E-state index is 0. The molecular weight excluding hydrogens is 727 g/mol. The second-order valence-electron chi connectivity index (χ2n) is 11.7. The number of nitriles is 1. The molecule has 2 aromatic rings. The van der Waals surface area contributed by atoms with Crippen molar-refractivity contribution in [1.82, 2.24) is 4.90 Å². The first kappa shape index (κ1) is 38.8. The Morgan fingerprint density at radius 3 is 2.33 bits per heavy atom. The second kappa shape index (κ2) is 18.7. The largest absolute Gasteiger partial charge is 1.00 e. The smallest absolute Gasteiger partial charge is 0.438 e. The lowest BCUT2D eigenvalue weighted by Crippen LogP contribution is -3.00. The summed E-state index contributed by atoms with van der Waals surface area (Å²) in [6.07, 6.45) is 9.49. The Hall–Kier alpha value is -3.35. The van der Waals surface area contributed by atoms with Crippen LogP contribution in [0.3, 0.4) is 0 Å². The van der Waals surface area contributed by atoms with Crippen molar-refractivity contribution in [2.24, 2.45) is 16.6 Å². The van der Waals surface area contributed by atoms with Crippen molar-refractivity contribution >= 4 is 35.8 Å².